The van der Waals surface area contributed by atoms with Gasteiger partial charge >= 0.3 is 11.9 Å². The Labute approximate surface area is 324 Å². The predicted octanol–water partition coefficient (Wildman–Crippen LogP) is 6.74. The van der Waals surface area contributed by atoms with Gasteiger partial charge in [0, 0.05) is 37.9 Å². The number of nitrogens with zero attached hydrogens (tertiary/aromatic N) is 2. The lowest BCUT2D eigenvalue weighted by atomic mass is 9.80. The quantitative estimate of drug-likeness (QED) is 0.182. The number of hydrogen-bond acceptors (Lipinski definition) is 11. The number of aliphatic hydroxyl groups excluding tert-OH is 1. The van der Waals surface area contributed by atoms with Gasteiger partial charge in [0.15, 0.2) is 12.4 Å². The zero-order chi connectivity index (χ0) is 39.2. The SMILES string of the molecule is COC(C)(CC(C)CN(C)C(CO)c1ccc(Br)cc1)C(O[C@@H]1O[C@H](C)C[C@H](N(C)C)[C@H]1OC(=O)c1ccccc1)C(C)C1=C(C)C(=O)OC(C)(C)O1. The Bertz CT molecular complexity index is 1550. The molecule has 0 bridgehead atoms. The van der Waals surface area contributed by atoms with E-state index in [1.54, 1.807) is 52.1 Å². The Balaban J connectivity index is 1.71. The maximum atomic E-state index is 13.5. The summed E-state index contributed by atoms with van der Waals surface area (Å²) < 4.78 is 39.2. The first-order chi connectivity index (χ1) is 24.9. The Hall–Kier alpha value is -2.84. The minimum absolute atomic E-state index is 0.0425. The summed E-state index contributed by atoms with van der Waals surface area (Å²) in [6, 6.07) is 16.4. The molecule has 11 nitrogen and oxygen atoms in total. The summed E-state index contributed by atoms with van der Waals surface area (Å²) in [4.78, 5) is 30.8. The number of ether oxygens (including phenoxy) is 6. The number of likely N-dealkylation sites (N-methyl/N-ethyl adjacent to an activating group) is 2. The third-order valence-electron chi connectivity index (χ3n) is 10.4. The molecule has 9 atom stereocenters. The van der Waals surface area contributed by atoms with Crippen molar-refractivity contribution in [3.8, 4) is 0 Å². The molecule has 2 aliphatic rings. The summed E-state index contributed by atoms with van der Waals surface area (Å²) >= 11 is 3.50. The molecule has 1 saturated heterocycles. The number of benzene rings is 2. The second-order valence-electron chi connectivity index (χ2n) is 15.6. The monoisotopic (exact) mass is 802 g/mol. The highest BCUT2D eigenvalue weighted by Gasteiger charge is 2.50. The van der Waals surface area contributed by atoms with Crippen molar-refractivity contribution < 1.29 is 43.1 Å². The molecule has 53 heavy (non-hydrogen) atoms. The van der Waals surface area contributed by atoms with Gasteiger partial charge < -0.3 is 38.4 Å². The average Bonchev–Trinajstić information content (AvgIpc) is 3.10. The van der Waals surface area contributed by atoms with Crippen LogP contribution in [0.5, 0.6) is 0 Å². The highest BCUT2D eigenvalue weighted by molar-refractivity contribution is 9.10. The van der Waals surface area contributed by atoms with Gasteiger partial charge in [-0.05, 0) is 90.5 Å². The summed E-state index contributed by atoms with van der Waals surface area (Å²) in [7, 11) is 7.56. The van der Waals surface area contributed by atoms with Gasteiger partial charge in [-0.3, -0.25) is 4.90 Å². The fraction of sp³-hybridized carbons (Fsp3) is 0.610. The van der Waals surface area contributed by atoms with Crippen LogP contribution >= 0.6 is 15.9 Å². The molecule has 0 saturated carbocycles. The van der Waals surface area contributed by atoms with Crippen LogP contribution in [0, 0.1) is 11.8 Å². The minimum Gasteiger partial charge on any atom is -0.456 e. The van der Waals surface area contributed by atoms with Gasteiger partial charge in [-0.2, -0.15) is 0 Å². The molecule has 0 radical (unpaired) electrons. The lowest BCUT2D eigenvalue weighted by Gasteiger charge is -2.48. The van der Waals surface area contributed by atoms with E-state index in [9.17, 15) is 14.7 Å². The van der Waals surface area contributed by atoms with E-state index in [4.69, 9.17) is 28.4 Å². The van der Waals surface area contributed by atoms with Crippen LogP contribution in [0.15, 0.2) is 70.4 Å². The molecule has 0 spiro atoms. The van der Waals surface area contributed by atoms with Gasteiger partial charge in [0.05, 0.1) is 47.6 Å². The van der Waals surface area contributed by atoms with E-state index in [-0.39, 0.29) is 30.7 Å². The van der Waals surface area contributed by atoms with Crippen molar-refractivity contribution in [3.63, 3.8) is 0 Å². The van der Waals surface area contributed by atoms with Crippen LogP contribution in [0.2, 0.25) is 0 Å². The molecule has 2 aliphatic heterocycles. The molecule has 2 heterocycles. The molecular weight excluding hydrogens is 744 g/mol. The van der Waals surface area contributed by atoms with Crippen LogP contribution in [-0.2, 0) is 33.2 Å². The van der Waals surface area contributed by atoms with Crippen molar-refractivity contribution in [1.29, 1.82) is 0 Å². The number of esters is 2. The van der Waals surface area contributed by atoms with Crippen molar-refractivity contribution in [2.24, 2.45) is 11.8 Å². The zero-order valence-corrected chi connectivity index (χ0v) is 34.7. The number of methoxy groups -OCH3 is 1. The number of hydrogen-bond donors (Lipinski definition) is 1. The molecule has 4 rings (SSSR count). The van der Waals surface area contributed by atoms with Crippen molar-refractivity contribution in [1.82, 2.24) is 9.80 Å². The Morgan fingerprint density at radius 3 is 2.30 bits per heavy atom. The van der Waals surface area contributed by atoms with Crippen LogP contribution in [-0.4, -0.2) is 110 Å². The highest BCUT2D eigenvalue weighted by atomic mass is 79.9. The summed E-state index contributed by atoms with van der Waals surface area (Å²) in [6.45, 7) is 13.7. The molecule has 12 heteroatoms. The fourth-order valence-corrected chi connectivity index (χ4v) is 7.94. The first-order valence-electron chi connectivity index (χ1n) is 18.4. The molecule has 0 amide bonds. The maximum Gasteiger partial charge on any atom is 0.340 e. The molecule has 0 aliphatic carbocycles. The van der Waals surface area contributed by atoms with Crippen LogP contribution in [0.1, 0.15) is 83.3 Å². The first-order valence-corrected chi connectivity index (χ1v) is 19.2. The van der Waals surface area contributed by atoms with Crippen LogP contribution in [0.25, 0.3) is 0 Å². The van der Waals surface area contributed by atoms with Crippen molar-refractivity contribution in [2.75, 3.05) is 41.4 Å². The average molecular weight is 804 g/mol. The smallest absolute Gasteiger partial charge is 0.340 e. The van der Waals surface area contributed by atoms with Crippen molar-refractivity contribution in [3.05, 3.63) is 81.5 Å². The number of aliphatic hydroxyl groups is 1. The summed E-state index contributed by atoms with van der Waals surface area (Å²) in [5.41, 5.74) is 0.803. The van der Waals surface area contributed by atoms with Crippen molar-refractivity contribution in [2.45, 2.75) is 109 Å². The maximum absolute atomic E-state index is 13.5. The number of halogens is 1. The Kier molecular flexibility index (Phi) is 14.7. The number of carbonyl (C=O) groups is 2. The van der Waals surface area contributed by atoms with Crippen LogP contribution in [0.4, 0.5) is 0 Å². The topological polar surface area (TPSA) is 116 Å². The molecule has 5 unspecified atom stereocenters. The van der Waals surface area contributed by atoms with E-state index in [1.807, 2.05) is 77.1 Å². The zero-order valence-electron chi connectivity index (χ0n) is 33.1. The van der Waals surface area contributed by atoms with E-state index in [0.717, 1.165) is 10.0 Å². The second-order valence-corrected chi connectivity index (χ2v) is 16.5. The van der Waals surface area contributed by atoms with E-state index in [1.165, 1.54) is 0 Å². The number of carbonyl (C=O) groups excluding carboxylic acids is 2. The van der Waals surface area contributed by atoms with Crippen molar-refractivity contribution >= 4 is 27.9 Å². The standard InChI is InChI=1S/C41H59BrN2O9/c1-25(23-44(10)33(24-45)29-17-19-31(42)20-18-29)22-41(7,48-11)36(27(3)34-28(4)37(46)53-40(5,6)52-34)51-39-35(32(43(8)9)21-26(2)49-39)50-38(47)30-15-13-12-14-16-30/h12-20,25-27,32-33,35-36,39,45H,21-24H2,1-11H3/t25?,26-,27?,32+,33?,35-,36?,39+,41?/m1/s1. The van der Waals surface area contributed by atoms with Gasteiger partial charge in [-0.25, -0.2) is 9.59 Å². The van der Waals surface area contributed by atoms with Gasteiger partial charge in [0.2, 0.25) is 5.79 Å². The molecule has 1 N–H and O–H groups in total. The highest BCUT2D eigenvalue weighted by Crippen LogP contribution is 2.41. The minimum atomic E-state index is -1.20. The van der Waals surface area contributed by atoms with E-state index < -0.39 is 47.7 Å². The molecule has 1 fully saturated rings. The molecule has 294 valence electrons. The third kappa shape index (κ3) is 10.7. The lowest BCUT2D eigenvalue weighted by molar-refractivity contribution is -0.298. The van der Waals surface area contributed by atoms with Gasteiger partial charge in [-0.15, -0.1) is 0 Å². The second kappa shape index (κ2) is 18.2. The van der Waals surface area contributed by atoms with E-state index >= 15 is 0 Å². The molecule has 2 aromatic rings. The van der Waals surface area contributed by atoms with E-state index in [2.05, 4.69) is 27.8 Å². The van der Waals surface area contributed by atoms with Gasteiger partial charge in [0.25, 0.3) is 0 Å². The predicted molar refractivity (Wildman–Crippen MR) is 206 cm³/mol. The molecule has 2 aromatic carbocycles. The third-order valence-corrected chi connectivity index (χ3v) is 10.9. The van der Waals surface area contributed by atoms with E-state index in [0.29, 0.717) is 36.3 Å². The summed E-state index contributed by atoms with van der Waals surface area (Å²) in [6.07, 6.45) is -1.63. The van der Waals surface area contributed by atoms with Gasteiger partial charge in [0.1, 0.15) is 5.76 Å². The summed E-state index contributed by atoms with van der Waals surface area (Å²) in [5, 5.41) is 10.4. The Morgan fingerprint density at radius 1 is 1.08 bits per heavy atom. The summed E-state index contributed by atoms with van der Waals surface area (Å²) in [5.74, 6) is -2.20. The normalized spacial score (nSPS) is 25.2. The van der Waals surface area contributed by atoms with Gasteiger partial charge in [-0.1, -0.05) is 60.1 Å². The van der Waals surface area contributed by atoms with Crippen LogP contribution < -0.4 is 0 Å². The molecule has 0 aromatic heterocycles. The van der Waals surface area contributed by atoms with Crippen LogP contribution in [0.3, 0.4) is 0 Å². The largest absolute Gasteiger partial charge is 0.456 e. The number of rotatable bonds is 16. The lowest BCUT2D eigenvalue weighted by Crippen LogP contribution is -2.59. The Morgan fingerprint density at radius 2 is 1.72 bits per heavy atom. The molecular formula is C41H59BrN2O9. The number of cyclic esters (lactones) is 1. The fourth-order valence-electron chi connectivity index (χ4n) is 7.68. The first kappa shape index (κ1) is 42.9.